The van der Waals surface area contributed by atoms with Gasteiger partial charge in [-0.15, -0.1) is 0 Å². The Morgan fingerprint density at radius 3 is 2.39 bits per heavy atom. The summed E-state index contributed by atoms with van der Waals surface area (Å²) in [5.74, 6) is 0.132. The first kappa shape index (κ1) is 25.0. The van der Waals surface area contributed by atoms with Crippen molar-refractivity contribution >= 4 is 21.6 Å². The fourth-order valence-corrected chi connectivity index (χ4v) is 5.13. The highest BCUT2D eigenvalue weighted by molar-refractivity contribution is 7.89. The predicted octanol–water partition coefficient (Wildman–Crippen LogP) is 3.28. The molecule has 0 saturated carbocycles. The normalized spacial score (nSPS) is 14.8. The maximum atomic E-state index is 14.0. The summed E-state index contributed by atoms with van der Waals surface area (Å²) in [5.41, 5.74) is 1.00. The molecule has 1 saturated heterocycles. The number of unbranched alkanes of at least 4 members (excludes halogenated alkanes) is 1. The molecular weight excluding hydrogens is 445 g/mol. The predicted molar refractivity (Wildman–Crippen MR) is 128 cm³/mol. The van der Waals surface area contributed by atoms with Crippen LogP contribution in [0.5, 0.6) is 5.75 Å². The van der Waals surface area contributed by atoms with Gasteiger partial charge in [-0.2, -0.15) is 4.31 Å². The molecule has 9 heteroatoms. The second kappa shape index (κ2) is 12.0. The standard InChI is InChI=1S/C24H32FN3O4S/c1-2-3-18-32-21-11-9-20(10-12-21)24(29)26-13-6-19-33(30,31)28-16-14-27(15-17-28)23-8-5-4-7-22(23)25/h4-5,7-12H,2-3,6,13-19H2,1H3,(H,26,29). The number of piperazine rings is 1. The number of amides is 1. The molecule has 33 heavy (non-hydrogen) atoms. The Morgan fingerprint density at radius 1 is 1.03 bits per heavy atom. The summed E-state index contributed by atoms with van der Waals surface area (Å²) in [6.07, 6.45) is 2.35. The van der Waals surface area contributed by atoms with E-state index >= 15 is 0 Å². The lowest BCUT2D eigenvalue weighted by Gasteiger charge is -2.35. The minimum Gasteiger partial charge on any atom is -0.494 e. The fourth-order valence-electron chi connectivity index (χ4n) is 3.64. The molecule has 1 aliphatic rings. The molecule has 0 aliphatic carbocycles. The smallest absolute Gasteiger partial charge is 0.251 e. The number of benzene rings is 2. The van der Waals surface area contributed by atoms with Gasteiger partial charge in [0.1, 0.15) is 11.6 Å². The van der Waals surface area contributed by atoms with E-state index in [0.29, 0.717) is 50.5 Å². The van der Waals surface area contributed by atoms with Crippen molar-refractivity contribution in [2.24, 2.45) is 0 Å². The highest BCUT2D eigenvalue weighted by Gasteiger charge is 2.27. The number of halogens is 1. The van der Waals surface area contributed by atoms with E-state index in [1.165, 1.54) is 10.4 Å². The molecule has 1 aliphatic heterocycles. The Labute approximate surface area is 195 Å². The van der Waals surface area contributed by atoms with E-state index in [0.717, 1.165) is 18.6 Å². The lowest BCUT2D eigenvalue weighted by Crippen LogP contribution is -2.49. The average molecular weight is 478 g/mol. The molecule has 0 radical (unpaired) electrons. The van der Waals surface area contributed by atoms with Crippen LogP contribution in [-0.4, -0.2) is 63.7 Å². The zero-order valence-electron chi connectivity index (χ0n) is 19.0. The second-order valence-corrected chi connectivity index (χ2v) is 10.1. The molecule has 2 aromatic carbocycles. The minimum atomic E-state index is -3.43. The third-order valence-corrected chi connectivity index (χ3v) is 7.53. The van der Waals surface area contributed by atoms with Crippen molar-refractivity contribution in [2.45, 2.75) is 26.2 Å². The van der Waals surface area contributed by atoms with Gasteiger partial charge in [-0.25, -0.2) is 12.8 Å². The van der Waals surface area contributed by atoms with Gasteiger partial charge in [-0.1, -0.05) is 25.5 Å². The van der Waals surface area contributed by atoms with Crippen LogP contribution in [0.4, 0.5) is 10.1 Å². The molecule has 0 unspecified atom stereocenters. The molecule has 0 atom stereocenters. The van der Waals surface area contributed by atoms with E-state index in [1.54, 1.807) is 42.5 Å². The third-order valence-electron chi connectivity index (χ3n) is 5.57. The van der Waals surface area contributed by atoms with Crippen LogP contribution in [0.1, 0.15) is 36.5 Å². The van der Waals surface area contributed by atoms with Gasteiger partial charge in [0, 0.05) is 38.3 Å². The molecule has 180 valence electrons. The number of sulfonamides is 1. The molecule has 0 bridgehead atoms. The lowest BCUT2D eigenvalue weighted by atomic mass is 10.2. The number of carbonyl (C=O) groups excluding carboxylic acids is 1. The first-order valence-corrected chi connectivity index (χ1v) is 13.0. The second-order valence-electron chi connectivity index (χ2n) is 7.99. The maximum absolute atomic E-state index is 14.0. The number of hydrogen-bond donors (Lipinski definition) is 1. The van der Waals surface area contributed by atoms with Gasteiger partial charge >= 0.3 is 0 Å². The van der Waals surface area contributed by atoms with Crippen LogP contribution in [-0.2, 0) is 10.0 Å². The molecule has 1 heterocycles. The molecule has 0 aromatic heterocycles. The van der Waals surface area contributed by atoms with Crippen molar-refractivity contribution in [2.75, 3.05) is 50.0 Å². The summed E-state index contributed by atoms with van der Waals surface area (Å²) in [6, 6.07) is 13.4. The maximum Gasteiger partial charge on any atom is 0.251 e. The van der Waals surface area contributed by atoms with Crippen molar-refractivity contribution in [3.8, 4) is 5.75 Å². The SMILES string of the molecule is CCCCOc1ccc(C(=O)NCCCS(=O)(=O)N2CCN(c3ccccc3F)CC2)cc1. The molecule has 7 nitrogen and oxygen atoms in total. The highest BCUT2D eigenvalue weighted by atomic mass is 32.2. The summed E-state index contributed by atoms with van der Waals surface area (Å²) < 4.78 is 46.3. The van der Waals surface area contributed by atoms with Crippen LogP contribution in [0.3, 0.4) is 0 Å². The number of para-hydroxylation sites is 1. The van der Waals surface area contributed by atoms with Gasteiger partial charge in [0.15, 0.2) is 0 Å². The Kier molecular flexibility index (Phi) is 9.08. The quantitative estimate of drug-likeness (QED) is 0.503. The fraction of sp³-hybridized carbons (Fsp3) is 0.458. The summed E-state index contributed by atoms with van der Waals surface area (Å²) in [5, 5.41) is 2.77. The van der Waals surface area contributed by atoms with Crippen LogP contribution in [0, 0.1) is 5.82 Å². The van der Waals surface area contributed by atoms with Gasteiger partial charge in [-0.05, 0) is 49.2 Å². The van der Waals surface area contributed by atoms with Crippen LogP contribution in [0.25, 0.3) is 0 Å². The van der Waals surface area contributed by atoms with Crippen molar-refractivity contribution < 1.29 is 22.3 Å². The number of rotatable bonds is 11. The topological polar surface area (TPSA) is 78.9 Å². The summed E-state index contributed by atoms with van der Waals surface area (Å²) in [4.78, 5) is 14.2. The zero-order chi connectivity index (χ0) is 23.7. The number of carbonyl (C=O) groups is 1. The van der Waals surface area contributed by atoms with Crippen molar-refractivity contribution in [1.82, 2.24) is 9.62 Å². The molecule has 3 rings (SSSR count). The average Bonchev–Trinajstić information content (AvgIpc) is 2.83. The van der Waals surface area contributed by atoms with Crippen LogP contribution in [0.2, 0.25) is 0 Å². The first-order chi connectivity index (χ1) is 15.9. The third kappa shape index (κ3) is 7.17. The number of anilines is 1. The highest BCUT2D eigenvalue weighted by Crippen LogP contribution is 2.21. The number of nitrogens with one attached hydrogen (secondary N) is 1. The lowest BCUT2D eigenvalue weighted by molar-refractivity contribution is 0.0953. The van der Waals surface area contributed by atoms with Crippen molar-refractivity contribution in [3.05, 3.63) is 59.9 Å². The van der Waals surface area contributed by atoms with Crippen LogP contribution < -0.4 is 15.0 Å². The van der Waals surface area contributed by atoms with Gasteiger partial charge < -0.3 is 15.0 Å². The largest absolute Gasteiger partial charge is 0.494 e. The van der Waals surface area contributed by atoms with E-state index in [1.807, 2.05) is 4.90 Å². The van der Waals surface area contributed by atoms with E-state index < -0.39 is 10.0 Å². The van der Waals surface area contributed by atoms with Gasteiger partial charge in [-0.3, -0.25) is 4.79 Å². The van der Waals surface area contributed by atoms with Gasteiger partial charge in [0.05, 0.1) is 18.0 Å². The van der Waals surface area contributed by atoms with Gasteiger partial charge in [0.2, 0.25) is 10.0 Å². The summed E-state index contributed by atoms with van der Waals surface area (Å²) in [6.45, 7) is 4.52. The molecule has 1 fully saturated rings. The number of ether oxygens (including phenoxy) is 1. The van der Waals surface area contributed by atoms with Crippen LogP contribution >= 0.6 is 0 Å². The molecule has 1 N–H and O–H groups in total. The van der Waals surface area contributed by atoms with E-state index in [4.69, 9.17) is 4.74 Å². The summed E-state index contributed by atoms with van der Waals surface area (Å²) in [7, 11) is -3.43. The zero-order valence-corrected chi connectivity index (χ0v) is 19.8. The molecule has 0 spiro atoms. The number of hydrogen-bond acceptors (Lipinski definition) is 5. The van der Waals surface area contributed by atoms with E-state index in [-0.39, 0.29) is 24.0 Å². The Bertz CT molecular complexity index is 1010. The Morgan fingerprint density at radius 2 is 1.73 bits per heavy atom. The first-order valence-electron chi connectivity index (χ1n) is 11.4. The monoisotopic (exact) mass is 477 g/mol. The van der Waals surface area contributed by atoms with E-state index in [9.17, 15) is 17.6 Å². The molecule has 2 aromatic rings. The minimum absolute atomic E-state index is 0.0445. The Balaban J connectivity index is 1.39. The molecule has 1 amide bonds. The van der Waals surface area contributed by atoms with Crippen molar-refractivity contribution in [3.63, 3.8) is 0 Å². The van der Waals surface area contributed by atoms with E-state index in [2.05, 4.69) is 12.2 Å². The van der Waals surface area contributed by atoms with Crippen molar-refractivity contribution in [1.29, 1.82) is 0 Å². The van der Waals surface area contributed by atoms with Crippen LogP contribution in [0.15, 0.2) is 48.5 Å². The number of nitrogens with zero attached hydrogens (tertiary/aromatic N) is 2. The molecular formula is C24H32FN3O4S. The van der Waals surface area contributed by atoms with Gasteiger partial charge in [0.25, 0.3) is 5.91 Å². The summed E-state index contributed by atoms with van der Waals surface area (Å²) >= 11 is 0. The Hall–Kier alpha value is -2.65.